The Labute approximate surface area is 107 Å². The van der Waals surface area contributed by atoms with Crippen molar-refractivity contribution in [3.8, 4) is 5.88 Å². The third kappa shape index (κ3) is 2.70. The van der Waals surface area contributed by atoms with Gasteiger partial charge in [0.1, 0.15) is 16.7 Å². The summed E-state index contributed by atoms with van der Waals surface area (Å²) in [5.41, 5.74) is 5.39. The van der Waals surface area contributed by atoms with Crippen molar-refractivity contribution < 1.29 is 13.5 Å². The highest BCUT2D eigenvalue weighted by Gasteiger charge is 2.13. The number of nitrogens with two attached hydrogens (primary N) is 1. The van der Waals surface area contributed by atoms with Crippen LogP contribution in [-0.4, -0.2) is 12.1 Å². The number of nitrogens with zero attached hydrogens (tertiary/aromatic N) is 1. The lowest BCUT2D eigenvalue weighted by atomic mass is 10.3. The van der Waals surface area contributed by atoms with Gasteiger partial charge in [-0.05, 0) is 18.2 Å². The molecule has 1 aromatic heterocycles. The van der Waals surface area contributed by atoms with E-state index in [1.54, 1.807) is 18.2 Å². The third-order valence-corrected chi connectivity index (χ3v) is 3.17. The average molecular weight is 268 g/mol. The van der Waals surface area contributed by atoms with E-state index in [4.69, 9.17) is 10.5 Å². The summed E-state index contributed by atoms with van der Waals surface area (Å²) in [6.07, 6.45) is 0. The number of aromatic nitrogens is 1. The molecule has 2 N–H and O–H groups in total. The molecule has 0 unspecified atom stereocenters. The van der Waals surface area contributed by atoms with Crippen LogP contribution >= 0.6 is 11.8 Å². The fraction of sp³-hybridized carbons (Fsp3) is 0.0833. The minimum atomic E-state index is -0.706. The number of pyridine rings is 1. The molecule has 0 spiro atoms. The number of benzene rings is 1. The van der Waals surface area contributed by atoms with Crippen molar-refractivity contribution in [1.29, 1.82) is 0 Å². The predicted octanol–water partition coefficient (Wildman–Crippen LogP) is 3.10. The fourth-order valence-corrected chi connectivity index (χ4v) is 2.15. The molecule has 0 saturated carbocycles. The first-order chi connectivity index (χ1) is 8.60. The maximum absolute atomic E-state index is 13.6. The molecule has 2 aromatic rings. The van der Waals surface area contributed by atoms with Gasteiger partial charge >= 0.3 is 0 Å². The molecule has 1 aromatic carbocycles. The first-order valence-electron chi connectivity index (χ1n) is 5.03. The van der Waals surface area contributed by atoms with Gasteiger partial charge in [0.15, 0.2) is 0 Å². The molecule has 0 aliphatic carbocycles. The highest BCUT2D eigenvalue weighted by molar-refractivity contribution is 7.99. The van der Waals surface area contributed by atoms with Gasteiger partial charge in [0.25, 0.3) is 0 Å². The van der Waals surface area contributed by atoms with Crippen molar-refractivity contribution in [1.82, 2.24) is 4.98 Å². The van der Waals surface area contributed by atoms with E-state index in [0.29, 0.717) is 10.9 Å². The Bertz CT molecular complexity index is 555. The molecule has 2 rings (SSSR count). The number of hydrogen-bond donors (Lipinski definition) is 1. The zero-order valence-electron chi connectivity index (χ0n) is 9.48. The summed E-state index contributed by atoms with van der Waals surface area (Å²) >= 11 is 0.882. The van der Waals surface area contributed by atoms with Gasteiger partial charge in [-0.15, -0.1) is 0 Å². The highest BCUT2D eigenvalue weighted by atomic mass is 32.2. The SMILES string of the molecule is COc1cccc(Sc2c(F)cc(N)cc2F)n1. The molecule has 0 aliphatic heterocycles. The molecule has 0 fully saturated rings. The Hall–Kier alpha value is -1.82. The van der Waals surface area contributed by atoms with Crippen molar-refractivity contribution in [3.05, 3.63) is 42.0 Å². The molecule has 1 heterocycles. The van der Waals surface area contributed by atoms with Crippen molar-refractivity contribution in [2.45, 2.75) is 9.92 Å². The molecule has 0 bridgehead atoms. The van der Waals surface area contributed by atoms with Crippen LogP contribution < -0.4 is 10.5 Å². The van der Waals surface area contributed by atoms with E-state index in [-0.39, 0.29) is 10.6 Å². The predicted molar refractivity (Wildman–Crippen MR) is 65.7 cm³/mol. The monoisotopic (exact) mass is 268 g/mol. The van der Waals surface area contributed by atoms with Crippen LogP contribution in [0.4, 0.5) is 14.5 Å². The summed E-state index contributed by atoms with van der Waals surface area (Å²) in [5.74, 6) is -1.03. The molecule has 0 atom stereocenters. The Kier molecular flexibility index (Phi) is 3.66. The van der Waals surface area contributed by atoms with Gasteiger partial charge in [-0.1, -0.05) is 17.8 Å². The van der Waals surface area contributed by atoms with Crippen LogP contribution in [0.3, 0.4) is 0 Å². The number of ether oxygens (including phenoxy) is 1. The van der Waals surface area contributed by atoms with Gasteiger partial charge in [0.05, 0.1) is 12.0 Å². The first-order valence-corrected chi connectivity index (χ1v) is 5.85. The summed E-state index contributed by atoms with van der Waals surface area (Å²) in [4.78, 5) is 3.93. The summed E-state index contributed by atoms with van der Waals surface area (Å²) in [5, 5.41) is 0.442. The standard InChI is InChI=1S/C12H10F2N2OS/c1-17-10-3-2-4-11(16-10)18-12-8(13)5-7(15)6-9(12)14/h2-6H,15H2,1H3. The number of methoxy groups -OCH3 is 1. The Morgan fingerprint density at radius 3 is 2.50 bits per heavy atom. The fourth-order valence-electron chi connectivity index (χ4n) is 1.35. The second-order valence-electron chi connectivity index (χ2n) is 3.43. The molecule has 0 amide bonds. The molecule has 6 heteroatoms. The summed E-state index contributed by atoms with van der Waals surface area (Å²) < 4.78 is 32.1. The van der Waals surface area contributed by atoms with Gasteiger partial charge in [-0.25, -0.2) is 13.8 Å². The zero-order valence-corrected chi connectivity index (χ0v) is 10.3. The lowest BCUT2D eigenvalue weighted by Gasteiger charge is -2.06. The van der Waals surface area contributed by atoms with Crippen LogP contribution in [0.1, 0.15) is 0 Å². The minimum absolute atomic E-state index is 0.0490. The van der Waals surface area contributed by atoms with E-state index in [2.05, 4.69) is 4.98 Å². The van der Waals surface area contributed by atoms with Crippen molar-refractivity contribution in [2.75, 3.05) is 12.8 Å². The smallest absolute Gasteiger partial charge is 0.213 e. The van der Waals surface area contributed by atoms with Crippen LogP contribution in [0.5, 0.6) is 5.88 Å². The second-order valence-corrected chi connectivity index (χ2v) is 4.46. The molecule has 18 heavy (non-hydrogen) atoms. The lowest BCUT2D eigenvalue weighted by Crippen LogP contribution is -1.94. The number of rotatable bonds is 3. The third-order valence-electron chi connectivity index (χ3n) is 2.13. The molecule has 94 valence electrons. The number of halogens is 2. The van der Waals surface area contributed by atoms with Gasteiger partial charge in [-0.2, -0.15) is 0 Å². The molecular weight excluding hydrogens is 258 g/mol. The molecule has 3 nitrogen and oxygen atoms in total. The van der Waals surface area contributed by atoms with Crippen LogP contribution in [0.25, 0.3) is 0 Å². The van der Waals surface area contributed by atoms with Crippen LogP contribution in [0, 0.1) is 11.6 Å². The van der Waals surface area contributed by atoms with Crippen molar-refractivity contribution in [2.24, 2.45) is 0 Å². The lowest BCUT2D eigenvalue weighted by molar-refractivity contribution is 0.394. The van der Waals surface area contributed by atoms with E-state index in [1.165, 1.54) is 7.11 Å². The Balaban J connectivity index is 2.33. The van der Waals surface area contributed by atoms with Crippen LogP contribution in [0.15, 0.2) is 40.3 Å². The van der Waals surface area contributed by atoms with Gasteiger partial charge < -0.3 is 10.5 Å². The second kappa shape index (κ2) is 5.22. The molecule has 0 radical (unpaired) electrons. The maximum Gasteiger partial charge on any atom is 0.213 e. The van der Waals surface area contributed by atoms with Gasteiger partial charge in [0, 0.05) is 11.8 Å². The van der Waals surface area contributed by atoms with E-state index >= 15 is 0 Å². The first kappa shape index (κ1) is 12.6. The van der Waals surface area contributed by atoms with E-state index in [9.17, 15) is 8.78 Å². The minimum Gasteiger partial charge on any atom is -0.481 e. The largest absolute Gasteiger partial charge is 0.481 e. The summed E-state index contributed by atoms with van der Waals surface area (Å²) in [6.45, 7) is 0. The highest BCUT2D eigenvalue weighted by Crippen LogP contribution is 2.32. The number of nitrogen functional groups attached to an aromatic ring is 1. The van der Waals surface area contributed by atoms with Crippen LogP contribution in [0.2, 0.25) is 0 Å². The van der Waals surface area contributed by atoms with E-state index < -0.39 is 11.6 Å². The molecule has 0 saturated heterocycles. The van der Waals surface area contributed by atoms with Gasteiger partial charge in [0.2, 0.25) is 5.88 Å². The van der Waals surface area contributed by atoms with Gasteiger partial charge in [-0.3, -0.25) is 0 Å². The summed E-state index contributed by atoms with van der Waals surface area (Å²) in [7, 11) is 1.47. The van der Waals surface area contributed by atoms with E-state index in [0.717, 1.165) is 23.9 Å². The molecule has 0 aliphatic rings. The Morgan fingerprint density at radius 1 is 1.22 bits per heavy atom. The zero-order chi connectivity index (χ0) is 13.1. The quantitative estimate of drug-likeness (QED) is 0.869. The molecular formula is C12H10F2N2OS. The average Bonchev–Trinajstić information content (AvgIpc) is 2.34. The number of anilines is 1. The maximum atomic E-state index is 13.6. The summed E-state index contributed by atoms with van der Waals surface area (Å²) in [6, 6.07) is 7.14. The normalized spacial score (nSPS) is 10.4. The topological polar surface area (TPSA) is 48.1 Å². The van der Waals surface area contributed by atoms with Crippen LogP contribution in [-0.2, 0) is 0 Å². The van der Waals surface area contributed by atoms with E-state index in [1.807, 2.05) is 0 Å². The van der Waals surface area contributed by atoms with Crippen molar-refractivity contribution >= 4 is 17.4 Å². The Morgan fingerprint density at radius 2 is 1.89 bits per heavy atom. The number of hydrogen-bond acceptors (Lipinski definition) is 4. The van der Waals surface area contributed by atoms with Crippen molar-refractivity contribution in [3.63, 3.8) is 0 Å².